The van der Waals surface area contributed by atoms with E-state index in [1.807, 2.05) is 6.92 Å². The highest BCUT2D eigenvalue weighted by atomic mass is 32.1. The predicted molar refractivity (Wildman–Crippen MR) is 38.6 cm³/mol. The monoisotopic (exact) mass is 153 g/mol. The average Bonchev–Trinajstić information content (AvgIpc) is 2.31. The Hall–Kier alpha value is -0.950. The van der Waals surface area contributed by atoms with Crippen molar-refractivity contribution in [1.82, 2.24) is 10.2 Å². The summed E-state index contributed by atoms with van der Waals surface area (Å²) in [6.07, 6.45) is 1.27. The van der Waals surface area contributed by atoms with E-state index >= 15 is 0 Å². The van der Waals surface area contributed by atoms with Crippen LogP contribution in [0.15, 0.2) is 0 Å². The first-order valence-electron chi connectivity index (χ1n) is 2.99. The van der Waals surface area contributed by atoms with E-state index in [4.69, 9.17) is 5.26 Å². The molecule has 0 aromatic carbocycles. The molecule has 0 aliphatic rings. The van der Waals surface area contributed by atoms with E-state index in [1.54, 1.807) is 11.3 Å². The van der Waals surface area contributed by atoms with Crippen molar-refractivity contribution in [2.24, 2.45) is 0 Å². The zero-order valence-electron chi connectivity index (χ0n) is 5.66. The summed E-state index contributed by atoms with van der Waals surface area (Å²) >= 11 is 1.55. The van der Waals surface area contributed by atoms with Gasteiger partial charge in [0.05, 0.1) is 6.07 Å². The molecule has 52 valence electrons. The second kappa shape index (κ2) is 3.28. The molecule has 0 unspecified atom stereocenters. The van der Waals surface area contributed by atoms with Crippen molar-refractivity contribution in [3.63, 3.8) is 0 Å². The van der Waals surface area contributed by atoms with Gasteiger partial charge in [-0.05, 0) is 6.92 Å². The summed E-state index contributed by atoms with van der Waals surface area (Å²) in [5.41, 5.74) is 0. The van der Waals surface area contributed by atoms with Crippen LogP contribution in [0.1, 0.15) is 16.4 Å². The smallest absolute Gasteiger partial charge is 0.118 e. The number of nitrogens with zero attached hydrogens (tertiary/aromatic N) is 3. The van der Waals surface area contributed by atoms with Gasteiger partial charge in [0, 0.05) is 12.8 Å². The van der Waals surface area contributed by atoms with Gasteiger partial charge < -0.3 is 0 Å². The zero-order chi connectivity index (χ0) is 7.40. The molecule has 1 rings (SSSR count). The van der Waals surface area contributed by atoms with Crippen molar-refractivity contribution in [2.45, 2.75) is 19.8 Å². The van der Waals surface area contributed by atoms with Gasteiger partial charge in [0.25, 0.3) is 0 Å². The predicted octanol–water partition coefficient (Wildman–Crippen LogP) is 1.30. The Morgan fingerprint density at radius 3 is 2.90 bits per heavy atom. The maximum atomic E-state index is 8.24. The molecule has 0 N–H and O–H groups in total. The van der Waals surface area contributed by atoms with Crippen LogP contribution in [0.25, 0.3) is 0 Å². The third kappa shape index (κ3) is 1.78. The van der Waals surface area contributed by atoms with Gasteiger partial charge in [0.2, 0.25) is 0 Å². The zero-order valence-corrected chi connectivity index (χ0v) is 6.48. The molecule has 1 heterocycles. The summed E-state index contributed by atoms with van der Waals surface area (Å²) in [4.78, 5) is 0. The van der Waals surface area contributed by atoms with Crippen LogP contribution in [0.4, 0.5) is 0 Å². The van der Waals surface area contributed by atoms with E-state index in [0.29, 0.717) is 6.42 Å². The molecule has 0 spiro atoms. The van der Waals surface area contributed by atoms with E-state index in [0.717, 1.165) is 16.4 Å². The second-order valence-corrected chi connectivity index (χ2v) is 3.14. The largest absolute Gasteiger partial charge is 0.198 e. The molecule has 0 saturated heterocycles. The molecule has 0 aliphatic carbocycles. The van der Waals surface area contributed by atoms with Crippen LogP contribution in [0.2, 0.25) is 0 Å². The minimum atomic E-state index is 0.536. The lowest BCUT2D eigenvalue weighted by atomic mass is 10.3. The molecule has 0 saturated carbocycles. The average molecular weight is 153 g/mol. The molecule has 0 fully saturated rings. The van der Waals surface area contributed by atoms with E-state index < -0.39 is 0 Å². The van der Waals surface area contributed by atoms with E-state index in [2.05, 4.69) is 16.3 Å². The van der Waals surface area contributed by atoms with Gasteiger partial charge in [0.15, 0.2) is 0 Å². The third-order valence-corrected chi connectivity index (χ3v) is 1.92. The number of nitriles is 1. The molecule has 4 heteroatoms. The Kier molecular flexibility index (Phi) is 2.35. The quantitative estimate of drug-likeness (QED) is 0.643. The summed E-state index contributed by atoms with van der Waals surface area (Å²) < 4.78 is 0. The molecule has 10 heavy (non-hydrogen) atoms. The van der Waals surface area contributed by atoms with Gasteiger partial charge >= 0.3 is 0 Å². The van der Waals surface area contributed by atoms with Crippen molar-refractivity contribution < 1.29 is 0 Å². The molecule has 0 aliphatic heterocycles. The minimum absolute atomic E-state index is 0.536. The number of aryl methyl sites for hydroxylation is 2. The molecule has 1 aromatic heterocycles. The fourth-order valence-electron chi connectivity index (χ4n) is 0.601. The SMILES string of the molecule is Cc1nnc(CCC#N)s1. The maximum absolute atomic E-state index is 8.24. The molecular formula is C6H7N3S. The van der Waals surface area contributed by atoms with Gasteiger partial charge in [-0.1, -0.05) is 0 Å². The van der Waals surface area contributed by atoms with Gasteiger partial charge in [0.1, 0.15) is 10.0 Å². The van der Waals surface area contributed by atoms with Gasteiger partial charge in [-0.2, -0.15) is 5.26 Å². The van der Waals surface area contributed by atoms with Crippen molar-refractivity contribution >= 4 is 11.3 Å². The Bertz CT molecular complexity index is 248. The van der Waals surface area contributed by atoms with Gasteiger partial charge in [-0.15, -0.1) is 21.5 Å². The molecular weight excluding hydrogens is 146 g/mol. The van der Waals surface area contributed by atoms with E-state index in [9.17, 15) is 0 Å². The van der Waals surface area contributed by atoms with Crippen LogP contribution in [0.3, 0.4) is 0 Å². The van der Waals surface area contributed by atoms with Crippen molar-refractivity contribution in [3.8, 4) is 6.07 Å². The Morgan fingerprint density at radius 1 is 1.60 bits per heavy atom. The standard InChI is InChI=1S/C6H7N3S/c1-5-8-9-6(10-5)3-2-4-7/h2-3H2,1H3. The Morgan fingerprint density at radius 2 is 2.40 bits per heavy atom. The summed E-state index contributed by atoms with van der Waals surface area (Å²) in [7, 11) is 0. The normalized spacial score (nSPS) is 9.20. The molecule has 0 bridgehead atoms. The second-order valence-electron chi connectivity index (χ2n) is 1.87. The third-order valence-electron chi connectivity index (χ3n) is 1.02. The fourth-order valence-corrected chi connectivity index (χ4v) is 1.31. The molecule has 3 nitrogen and oxygen atoms in total. The minimum Gasteiger partial charge on any atom is -0.198 e. The summed E-state index contributed by atoms with van der Waals surface area (Å²) in [6, 6.07) is 2.06. The highest BCUT2D eigenvalue weighted by molar-refractivity contribution is 7.11. The van der Waals surface area contributed by atoms with Crippen LogP contribution < -0.4 is 0 Å². The lowest BCUT2D eigenvalue weighted by Gasteiger charge is -1.81. The lowest BCUT2D eigenvalue weighted by molar-refractivity contribution is 0.923. The van der Waals surface area contributed by atoms with Crippen LogP contribution >= 0.6 is 11.3 Å². The summed E-state index contributed by atoms with van der Waals surface area (Å²) in [6.45, 7) is 1.91. The Balaban J connectivity index is 2.52. The highest BCUT2D eigenvalue weighted by Gasteiger charge is 1.97. The van der Waals surface area contributed by atoms with Crippen molar-refractivity contribution in [1.29, 1.82) is 5.26 Å². The van der Waals surface area contributed by atoms with Gasteiger partial charge in [-0.25, -0.2) is 0 Å². The molecule has 0 radical (unpaired) electrons. The highest BCUT2D eigenvalue weighted by Crippen LogP contribution is 2.09. The topological polar surface area (TPSA) is 49.6 Å². The van der Waals surface area contributed by atoms with E-state index in [1.165, 1.54) is 0 Å². The lowest BCUT2D eigenvalue weighted by Crippen LogP contribution is -1.80. The fraction of sp³-hybridized carbons (Fsp3) is 0.500. The van der Waals surface area contributed by atoms with Crippen LogP contribution in [-0.4, -0.2) is 10.2 Å². The van der Waals surface area contributed by atoms with Crippen LogP contribution in [-0.2, 0) is 6.42 Å². The summed E-state index contributed by atoms with van der Waals surface area (Å²) in [5, 5.41) is 17.9. The van der Waals surface area contributed by atoms with Crippen molar-refractivity contribution in [2.75, 3.05) is 0 Å². The maximum Gasteiger partial charge on any atom is 0.118 e. The first-order chi connectivity index (χ1) is 4.83. The van der Waals surface area contributed by atoms with Crippen LogP contribution in [0, 0.1) is 18.3 Å². The van der Waals surface area contributed by atoms with Crippen LogP contribution in [0.5, 0.6) is 0 Å². The first-order valence-corrected chi connectivity index (χ1v) is 3.80. The van der Waals surface area contributed by atoms with E-state index in [-0.39, 0.29) is 0 Å². The summed E-state index contributed by atoms with van der Waals surface area (Å²) in [5.74, 6) is 0. The van der Waals surface area contributed by atoms with Gasteiger partial charge in [-0.3, -0.25) is 0 Å². The molecule has 1 aromatic rings. The number of aromatic nitrogens is 2. The number of rotatable bonds is 2. The number of hydrogen-bond acceptors (Lipinski definition) is 4. The molecule has 0 atom stereocenters. The Labute approximate surface area is 63.3 Å². The van der Waals surface area contributed by atoms with Crippen molar-refractivity contribution in [3.05, 3.63) is 10.0 Å². The first kappa shape index (κ1) is 7.16. The number of hydrogen-bond donors (Lipinski definition) is 0. The molecule has 0 amide bonds.